The van der Waals surface area contributed by atoms with Gasteiger partial charge in [-0.1, -0.05) is 153 Å². The fourth-order valence-corrected chi connectivity index (χ4v) is 18.8. The van der Waals surface area contributed by atoms with Crippen molar-refractivity contribution < 1.29 is 52.9 Å². The molecule has 2 aromatic heterocycles. The minimum atomic E-state index is -1.05. The summed E-state index contributed by atoms with van der Waals surface area (Å²) in [6.07, 6.45) is 5.75. The van der Waals surface area contributed by atoms with E-state index >= 15 is 14.4 Å². The number of rotatable bonds is 24. The van der Waals surface area contributed by atoms with Crippen LogP contribution in [-0.4, -0.2) is 179 Å². The van der Waals surface area contributed by atoms with Crippen LogP contribution in [0.1, 0.15) is 178 Å². The third kappa shape index (κ3) is 17.2. The van der Waals surface area contributed by atoms with E-state index in [0.717, 1.165) is 61.8 Å². The number of carbonyl (C=O) groups excluding carboxylic acids is 8. The number of hydrogen-bond donors (Lipinski definition) is 4. The van der Waals surface area contributed by atoms with Gasteiger partial charge < -0.3 is 59.9 Å². The molecule has 7 aromatic rings. The molecule has 1 aliphatic carbocycles. The molecule has 0 radical (unpaired) electrons. The Morgan fingerprint density at radius 3 is 1.46 bits per heavy atom. The van der Waals surface area contributed by atoms with Crippen LogP contribution in [0.4, 0.5) is 0 Å². The number of aromatic nitrogens is 2. The maximum Gasteiger partial charge on any atom is 0.255 e. The van der Waals surface area contributed by atoms with Crippen molar-refractivity contribution in [3.63, 3.8) is 0 Å². The topological polar surface area (TPSA) is 293 Å². The number of amidine groups is 1. The van der Waals surface area contributed by atoms with E-state index in [1.807, 2.05) is 135 Å². The maximum absolute atomic E-state index is 15.7. The van der Waals surface area contributed by atoms with Crippen LogP contribution in [0.3, 0.4) is 0 Å². The van der Waals surface area contributed by atoms with Crippen molar-refractivity contribution in [2.75, 3.05) is 26.7 Å². The first kappa shape index (κ1) is 79.7. The van der Waals surface area contributed by atoms with Gasteiger partial charge in [-0.3, -0.25) is 38.4 Å². The molecular weight excluding hydrogens is 1460 g/mol. The molecule has 6 aliphatic rings. The van der Waals surface area contributed by atoms with Gasteiger partial charge in [0.05, 0.1) is 57.4 Å². The largest absolute Gasteiger partial charge is 0.488 e. The van der Waals surface area contributed by atoms with Crippen LogP contribution in [0.5, 0.6) is 11.5 Å². The van der Waals surface area contributed by atoms with Crippen molar-refractivity contribution in [2.45, 2.75) is 214 Å². The van der Waals surface area contributed by atoms with E-state index in [-0.39, 0.29) is 95.2 Å². The number of thiazole rings is 2. The highest BCUT2D eigenvalue weighted by Gasteiger charge is 2.51. The molecule has 26 heteroatoms. The number of ether oxygens (including phenoxy) is 2. The van der Waals surface area contributed by atoms with E-state index < -0.39 is 101 Å². The average molecular weight is 1560 g/mol. The Hall–Kier alpha value is -10.4. The predicted octanol–water partition coefficient (Wildman–Crippen LogP) is 11.1. The van der Waals surface area contributed by atoms with Gasteiger partial charge in [-0.2, -0.15) is 10.3 Å². The van der Waals surface area contributed by atoms with Crippen LogP contribution in [0, 0.1) is 42.6 Å². The molecule has 3 saturated heterocycles. The van der Waals surface area contributed by atoms with Gasteiger partial charge in [0.1, 0.15) is 59.8 Å². The zero-order chi connectivity index (χ0) is 79.6. The summed E-state index contributed by atoms with van der Waals surface area (Å²) in [5.74, 6) is -2.65. The Labute approximate surface area is 663 Å². The van der Waals surface area contributed by atoms with Crippen LogP contribution in [0.2, 0.25) is 0 Å². The van der Waals surface area contributed by atoms with E-state index in [0.29, 0.717) is 39.7 Å². The molecule has 9 atom stereocenters. The number of nitrogens with zero attached hydrogens (tertiary/aromatic N) is 10. The second-order valence-corrected chi connectivity index (χ2v) is 34.2. The Kier molecular flexibility index (Phi) is 24.1. The molecule has 24 nitrogen and oxygen atoms in total. The summed E-state index contributed by atoms with van der Waals surface area (Å²) in [5.41, 5.74) is 12.7. The van der Waals surface area contributed by atoms with Gasteiger partial charge in [0.15, 0.2) is 0 Å². The van der Waals surface area contributed by atoms with Crippen LogP contribution < -0.4 is 25.4 Å². The molecular formula is C86H101N13O11S2. The number of nitrogens with one attached hydrogen (secondary N) is 3. The van der Waals surface area contributed by atoms with Gasteiger partial charge in [0.25, 0.3) is 11.8 Å². The SMILES string of the molecule is CC(=O)N(C)[C@H](C(=O)N1C[C@H](Oc2ccc3c(c2)C(=O)N([C@H](C(=O)N2C[C@H](Oc4ccc5c(c4)C(=O)N([C@H](C(=O)N4C[C@H](O)C[C@H]4/C(=N\C#N)NCc4ccc(-c6scnc6C)cc4)C(C)C)C5)C[C@H]2C(=O)NCc2ccc(C4CCCCC4)cc2)C(C)C)C3)C[C@H]1C(=O)NCc1ccc(-c2scnc2C)cc1)C(C)(C)C. The first-order valence-corrected chi connectivity index (χ1v) is 40.8. The molecule has 7 heterocycles. The van der Waals surface area contributed by atoms with Gasteiger partial charge >= 0.3 is 0 Å². The maximum atomic E-state index is 15.7. The number of β-amino-alcohol motifs (C(OH)–C–C–N with tert-alkyl or cyclic N) is 1. The number of benzene rings is 5. The Bertz CT molecular complexity index is 4750. The number of hydrogen-bond acceptors (Lipinski definition) is 17. The minimum Gasteiger partial charge on any atom is -0.488 e. The second-order valence-electron chi connectivity index (χ2n) is 32.5. The number of likely N-dealkylation sites (N-methyl/N-ethyl adjacent to an activating group) is 1. The lowest BCUT2D eigenvalue weighted by atomic mass is 9.84. The summed E-state index contributed by atoms with van der Waals surface area (Å²) in [6.45, 7) is 19.2. The van der Waals surface area contributed by atoms with Gasteiger partial charge in [-0.25, -0.2) is 9.97 Å². The number of aliphatic hydroxyl groups excluding tert-OH is 1. The van der Waals surface area contributed by atoms with E-state index in [2.05, 4.69) is 43.0 Å². The number of carbonyl (C=O) groups is 8. The molecule has 4 N–H and O–H groups in total. The third-order valence-corrected chi connectivity index (χ3v) is 24.9. The van der Waals surface area contributed by atoms with Crippen LogP contribution >= 0.6 is 22.7 Å². The Balaban J connectivity index is 0.705. The summed E-state index contributed by atoms with van der Waals surface area (Å²) in [4.78, 5) is 142. The summed E-state index contributed by atoms with van der Waals surface area (Å²) < 4.78 is 13.4. The van der Waals surface area contributed by atoms with Gasteiger partial charge in [0, 0.05) is 83.6 Å². The van der Waals surface area contributed by atoms with Crippen LogP contribution in [-0.2, 0) is 61.5 Å². The average Bonchev–Trinajstić information content (AvgIpc) is 1.56. The number of likely N-dealkylation sites (tertiary alicyclic amines) is 3. The van der Waals surface area contributed by atoms with Crippen molar-refractivity contribution in [2.24, 2.45) is 22.2 Å². The molecule has 8 amide bonds. The number of aliphatic imine (C=N–C) groups is 1. The molecule has 0 spiro atoms. The van der Waals surface area contributed by atoms with Gasteiger partial charge in [-0.05, 0) is 119 Å². The quantitative estimate of drug-likeness (QED) is 0.0248. The standard InChI is InChI=1S/C86H101N13O11S2/c1-49(2)73(83(106)95-43-63(101)33-70(95)78(91-46-87)88-38-54-19-25-59(26-20-54)75-51(5)92-47-111-75)98-41-61-29-31-64(34-68(61)81(98)104)109-66-36-71(79(102)89-39-55-17-23-58(24-18-55)57-15-13-12-14-16-57)96(44-66)84(107)74(50(3)4)99-42-62-30-32-65(35-69(62)82(99)105)110-67-37-72(97(45-67)85(108)77(86(8,9)10)94(11)53(7)100)80(103)90-40-56-21-27-60(28-22-56)76-52(6)93-48-112-76/h17-32,34-35,47-50,57,63,66-67,70-74,77,101H,12-16,33,36-45H2,1-11H3,(H,88,91)(H,89,102)(H,90,103)/t63-,66-,67-,70+,71+,72+,73+,74+,77-/m1/s1. The van der Waals surface area contributed by atoms with Crippen LogP contribution in [0.25, 0.3) is 20.9 Å². The third-order valence-electron chi connectivity index (χ3n) is 22.9. The predicted molar refractivity (Wildman–Crippen MR) is 427 cm³/mol. The van der Waals surface area contributed by atoms with Crippen molar-refractivity contribution in [3.8, 4) is 38.6 Å². The summed E-state index contributed by atoms with van der Waals surface area (Å²) in [7, 11) is 1.59. The van der Waals surface area contributed by atoms with Crippen molar-refractivity contribution in [3.05, 3.63) is 176 Å². The zero-order valence-electron chi connectivity index (χ0n) is 65.6. The molecule has 13 rings (SSSR count). The first-order valence-electron chi connectivity index (χ1n) is 39.0. The van der Waals surface area contributed by atoms with E-state index in [9.17, 15) is 34.3 Å². The highest BCUT2D eigenvalue weighted by molar-refractivity contribution is 7.13. The highest BCUT2D eigenvalue weighted by Crippen LogP contribution is 2.40. The zero-order valence-corrected chi connectivity index (χ0v) is 67.2. The van der Waals surface area contributed by atoms with Crippen molar-refractivity contribution in [1.29, 1.82) is 5.26 Å². The molecule has 5 aromatic carbocycles. The lowest BCUT2D eigenvalue weighted by Gasteiger charge is -2.39. The normalized spacial score (nSPS) is 20.7. The second kappa shape index (κ2) is 33.9. The van der Waals surface area contributed by atoms with Crippen molar-refractivity contribution >= 4 is 75.8 Å². The summed E-state index contributed by atoms with van der Waals surface area (Å²) in [6, 6.07) is 28.8. The molecule has 0 unspecified atom stereocenters. The lowest BCUT2D eigenvalue weighted by Crippen LogP contribution is -2.57. The van der Waals surface area contributed by atoms with Crippen molar-refractivity contribution in [1.82, 2.24) is 55.3 Å². The summed E-state index contributed by atoms with van der Waals surface area (Å²) >= 11 is 3.11. The molecule has 1 saturated carbocycles. The number of aliphatic hydroxyl groups is 1. The number of aryl methyl sites for hydroxylation is 2. The molecule has 112 heavy (non-hydrogen) atoms. The molecule has 4 fully saturated rings. The van der Waals surface area contributed by atoms with Gasteiger partial charge in [0.2, 0.25) is 41.6 Å². The minimum absolute atomic E-state index is 0.00762. The molecule has 5 aliphatic heterocycles. The number of nitriles is 1. The lowest BCUT2D eigenvalue weighted by molar-refractivity contribution is -0.150. The molecule has 0 bridgehead atoms. The number of amides is 8. The first-order chi connectivity index (χ1) is 53.6. The molecule has 588 valence electrons. The number of fused-ring (bicyclic) bond motifs is 2. The smallest absolute Gasteiger partial charge is 0.255 e. The van der Waals surface area contributed by atoms with E-state index in [1.54, 1.807) is 81.4 Å². The fraction of sp³-hybridized carbons (Fsp3) is 0.465. The van der Waals surface area contributed by atoms with Crippen LogP contribution in [0.15, 0.2) is 125 Å². The Morgan fingerprint density at radius 1 is 0.607 bits per heavy atom. The van der Waals surface area contributed by atoms with Gasteiger partial charge in [-0.15, -0.1) is 22.7 Å². The summed E-state index contributed by atoms with van der Waals surface area (Å²) in [5, 5.41) is 30.6. The fourth-order valence-electron chi connectivity index (χ4n) is 17.1. The monoisotopic (exact) mass is 1560 g/mol. The highest BCUT2D eigenvalue weighted by atomic mass is 32.1. The van der Waals surface area contributed by atoms with E-state index in [1.165, 1.54) is 51.3 Å². The van der Waals surface area contributed by atoms with E-state index in [4.69, 9.17) is 9.47 Å². The Morgan fingerprint density at radius 2 is 1.04 bits per heavy atom.